The largest absolute Gasteiger partial charge is 0.452 e. The zero-order valence-corrected chi connectivity index (χ0v) is 15.6. The van der Waals surface area contributed by atoms with Gasteiger partial charge in [-0.3, -0.25) is 4.79 Å². The lowest BCUT2D eigenvalue weighted by Gasteiger charge is -2.09. The predicted octanol–water partition coefficient (Wildman–Crippen LogP) is 2.25. The first-order chi connectivity index (χ1) is 12.8. The van der Waals surface area contributed by atoms with Gasteiger partial charge in [-0.25, -0.2) is 17.9 Å². The summed E-state index contributed by atoms with van der Waals surface area (Å²) < 4.78 is 31.5. The summed E-state index contributed by atoms with van der Waals surface area (Å²) >= 11 is 0. The number of para-hydroxylation sites is 1. The Balaban J connectivity index is 2.00. The fraction of sp³-hybridized carbons (Fsp3) is 0.158. The lowest BCUT2D eigenvalue weighted by Crippen LogP contribution is -2.24. The molecule has 2 aromatic rings. The molecule has 2 rings (SSSR count). The highest BCUT2D eigenvalue weighted by molar-refractivity contribution is 7.89. The van der Waals surface area contributed by atoms with E-state index < -0.39 is 28.5 Å². The summed E-state index contributed by atoms with van der Waals surface area (Å²) in [5.74, 6) is -1.29. The van der Waals surface area contributed by atoms with Gasteiger partial charge in [0.1, 0.15) is 0 Å². The topological polar surface area (TPSA) is 102 Å². The summed E-state index contributed by atoms with van der Waals surface area (Å²) in [7, 11) is -3.76. The Labute approximate surface area is 158 Å². The molecular weight excluding hydrogens is 368 g/mol. The number of carbonyl (C=O) groups is 2. The molecule has 0 heterocycles. The lowest BCUT2D eigenvalue weighted by molar-refractivity contribution is -0.119. The average Bonchev–Trinajstić information content (AvgIpc) is 2.66. The van der Waals surface area contributed by atoms with Crippen LogP contribution in [-0.4, -0.2) is 33.4 Å². The monoisotopic (exact) mass is 388 g/mol. The smallest absolute Gasteiger partial charge is 0.338 e. The van der Waals surface area contributed by atoms with Crippen LogP contribution in [-0.2, 0) is 19.6 Å². The quantitative estimate of drug-likeness (QED) is 0.533. The Kier molecular flexibility index (Phi) is 6.86. The Morgan fingerprint density at radius 1 is 1.15 bits per heavy atom. The van der Waals surface area contributed by atoms with Gasteiger partial charge in [0.2, 0.25) is 10.0 Å². The molecule has 0 spiro atoms. The minimum Gasteiger partial charge on any atom is -0.452 e. The second kappa shape index (κ2) is 9.11. The van der Waals surface area contributed by atoms with Gasteiger partial charge in [-0.2, -0.15) is 0 Å². The molecule has 7 nitrogen and oxygen atoms in total. The summed E-state index contributed by atoms with van der Waals surface area (Å²) in [5, 5.41) is 2.64. The maximum absolute atomic E-state index is 12.1. The van der Waals surface area contributed by atoms with Crippen LogP contribution in [0.3, 0.4) is 0 Å². The van der Waals surface area contributed by atoms with Gasteiger partial charge in [0, 0.05) is 12.2 Å². The van der Waals surface area contributed by atoms with Crippen LogP contribution < -0.4 is 10.0 Å². The van der Waals surface area contributed by atoms with E-state index in [2.05, 4.69) is 16.6 Å². The third-order valence-electron chi connectivity index (χ3n) is 3.55. The lowest BCUT2D eigenvalue weighted by atomic mass is 10.2. The van der Waals surface area contributed by atoms with Crippen molar-refractivity contribution in [3.8, 4) is 0 Å². The maximum atomic E-state index is 12.1. The highest BCUT2D eigenvalue weighted by atomic mass is 32.2. The first kappa shape index (κ1) is 20.3. The van der Waals surface area contributed by atoms with Gasteiger partial charge in [0.25, 0.3) is 5.91 Å². The predicted molar refractivity (Wildman–Crippen MR) is 102 cm³/mol. The summed E-state index contributed by atoms with van der Waals surface area (Å²) in [6, 6.07) is 12.6. The van der Waals surface area contributed by atoms with Crippen LogP contribution in [0.2, 0.25) is 0 Å². The highest BCUT2D eigenvalue weighted by Crippen LogP contribution is 2.14. The van der Waals surface area contributed by atoms with Crippen molar-refractivity contribution in [3.05, 3.63) is 72.3 Å². The first-order valence-corrected chi connectivity index (χ1v) is 9.55. The highest BCUT2D eigenvalue weighted by Gasteiger charge is 2.17. The third-order valence-corrected chi connectivity index (χ3v) is 4.97. The molecule has 142 valence electrons. The number of amides is 1. The number of hydrogen-bond acceptors (Lipinski definition) is 5. The van der Waals surface area contributed by atoms with Gasteiger partial charge in [0.05, 0.1) is 10.5 Å². The van der Waals surface area contributed by atoms with Crippen LogP contribution in [0, 0.1) is 6.92 Å². The van der Waals surface area contributed by atoms with Gasteiger partial charge in [-0.15, -0.1) is 6.58 Å². The average molecular weight is 388 g/mol. The summed E-state index contributed by atoms with van der Waals surface area (Å²) in [5.41, 5.74) is 1.53. The van der Waals surface area contributed by atoms with E-state index in [0.29, 0.717) is 5.69 Å². The SMILES string of the molecule is C=CCNS(=O)(=O)c1cccc(C(=O)OCC(=O)Nc2ccccc2C)c1. The van der Waals surface area contributed by atoms with Gasteiger partial charge in [-0.05, 0) is 36.8 Å². The molecule has 0 aliphatic heterocycles. The molecule has 0 aliphatic rings. The van der Waals surface area contributed by atoms with E-state index in [0.717, 1.165) is 5.56 Å². The third kappa shape index (κ3) is 5.77. The van der Waals surface area contributed by atoms with E-state index in [9.17, 15) is 18.0 Å². The fourth-order valence-electron chi connectivity index (χ4n) is 2.16. The van der Waals surface area contributed by atoms with Crippen LogP contribution in [0.25, 0.3) is 0 Å². The molecule has 0 radical (unpaired) electrons. The summed E-state index contributed by atoms with van der Waals surface area (Å²) in [4.78, 5) is 24.0. The van der Waals surface area contributed by atoms with Crippen molar-refractivity contribution in [1.82, 2.24) is 4.72 Å². The van der Waals surface area contributed by atoms with Crippen LogP contribution in [0.1, 0.15) is 15.9 Å². The number of anilines is 1. The number of aryl methyl sites for hydroxylation is 1. The molecular formula is C19H20N2O5S. The Morgan fingerprint density at radius 3 is 2.59 bits per heavy atom. The molecule has 0 unspecified atom stereocenters. The standard InChI is InChI=1S/C19H20N2O5S/c1-3-11-20-27(24,25)16-9-6-8-15(12-16)19(23)26-13-18(22)21-17-10-5-4-7-14(17)2/h3-10,12,20H,1,11,13H2,2H3,(H,21,22). The van der Waals surface area contributed by atoms with Crippen LogP contribution in [0.4, 0.5) is 5.69 Å². The van der Waals surface area contributed by atoms with Crippen molar-refractivity contribution in [2.45, 2.75) is 11.8 Å². The zero-order chi connectivity index (χ0) is 19.9. The van der Waals surface area contributed by atoms with E-state index in [1.165, 1.54) is 30.3 Å². The Morgan fingerprint density at radius 2 is 1.89 bits per heavy atom. The molecule has 0 bridgehead atoms. The Bertz CT molecular complexity index is 954. The van der Waals surface area contributed by atoms with Crippen molar-refractivity contribution in [2.24, 2.45) is 0 Å². The van der Waals surface area contributed by atoms with Crippen molar-refractivity contribution in [2.75, 3.05) is 18.5 Å². The van der Waals surface area contributed by atoms with Crippen molar-refractivity contribution in [3.63, 3.8) is 0 Å². The van der Waals surface area contributed by atoms with Crippen LogP contribution >= 0.6 is 0 Å². The van der Waals surface area contributed by atoms with Gasteiger partial charge < -0.3 is 10.1 Å². The van der Waals surface area contributed by atoms with Crippen molar-refractivity contribution < 1.29 is 22.7 Å². The summed E-state index contributed by atoms with van der Waals surface area (Å²) in [6.07, 6.45) is 1.41. The minimum atomic E-state index is -3.76. The number of sulfonamides is 1. The van der Waals surface area contributed by atoms with E-state index in [1.54, 1.807) is 12.1 Å². The molecule has 0 saturated heterocycles. The van der Waals surface area contributed by atoms with Crippen molar-refractivity contribution in [1.29, 1.82) is 0 Å². The first-order valence-electron chi connectivity index (χ1n) is 8.06. The molecule has 27 heavy (non-hydrogen) atoms. The van der Waals surface area contributed by atoms with E-state index in [-0.39, 0.29) is 17.0 Å². The maximum Gasteiger partial charge on any atom is 0.338 e. The number of carbonyl (C=O) groups excluding carboxylic acids is 2. The molecule has 2 aromatic carbocycles. The summed E-state index contributed by atoms with van der Waals surface area (Å²) in [6.45, 7) is 4.86. The molecule has 0 atom stereocenters. The molecule has 2 N–H and O–H groups in total. The van der Waals surface area contributed by atoms with Crippen LogP contribution in [0.15, 0.2) is 66.1 Å². The number of rotatable bonds is 8. The van der Waals surface area contributed by atoms with Crippen molar-refractivity contribution >= 4 is 27.6 Å². The molecule has 0 aliphatic carbocycles. The molecule has 1 amide bonds. The zero-order valence-electron chi connectivity index (χ0n) is 14.8. The number of ether oxygens (including phenoxy) is 1. The normalized spacial score (nSPS) is 10.9. The van der Waals surface area contributed by atoms with E-state index in [1.807, 2.05) is 19.1 Å². The number of nitrogens with one attached hydrogen (secondary N) is 2. The van der Waals surface area contributed by atoms with Gasteiger partial charge in [-0.1, -0.05) is 30.3 Å². The fourth-order valence-corrected chi connectivity index (χ4v) is 3.20. The number of benzene rings is 2. The molecule has 0 saturated carbocycles. The van der Waals surface area contributed by atoms with Crippen LogP contribution in [0.5, 0.6) is 0 Å². The van der Waals surface area contributed by atoms with E-state index >= 15 is 0 Å². The second-order valence-electron chi connectivity index (χ2n) is 5.61. The Hall–Kier alpha value is -2.97. The number of hydrogen-bond donors (Lipinski definition) is 2. The molecule has 0 fully saturated rings. The van der Waals surface area contributed by atoms with E-state index in [4.69, 9.17) is 4.74 Å². The van der Waals surface area contributed by atoms with Gasteiger partial charge >= 0.3 is 5.97 Å². The minimum absolute atomic E-state index is 0.0279. The molecule has 8 heteroatoms. The number of esters is 1. The van der Waals surface area contributed by atoms with Gasteiger partial charge in [0.15, 0.2) is 6.61 Å². The molecule has 0 aromatic heterocycles. The second-order valence-corrected chi connectivity index (χ2v) is 7.37.